The maximum Gasteiger partial charge on any atom is 0.0955 e. The maximum absolute atomic E-state index is 4.47. The molecule has 0 aliphatic heterocycles. The van der Waals surface area contributed by atoms with Crippen molar-refractivity contribution >= 4 is 0 Å². The molecule has 82 valence electrons. The quantitative estimate of drug-likeness (QED) is 0.772. The number of aromatic nitrogens is 2. The van der Waals surface area contributed by atoms with Crippen LogP contribution in [0.4, 0.5) is 0 Å². The summed E-state index contributed by atoms with van der Waals surface area (Å²) in [6, 6.07) is 8.64. The molecule has 0 fully saturated rings. The molecule has 3 rings (SSSR count). The topological polar surface area (TPSA) is 28.7 Å². The number of nitrogens with one attached hydrogen (secondary N) is 1. The fraction of sp³-hybridized carbons (Fsp3) is 0.357. The highest BCUT2D eigenvalue weighted by molar-refractivity contribution is 5.64. The number of hydrogen-bond acceptors (Lipinski definition) is 1. The van der Waals surface area contributed by atoms with E-state index in [-0.39, 0.29) is 0 Å². The van der Waals surface area contributed by atoms with Crippen LogP contribution in [0.2, 0.25) is 0 Å². The van der Waals surface area contributed by atoms with E-state index in [4.69, 9.17) is 0 Å². The van der Waals surface area contributed by atoms with Crippen molar-refractivity contribution in [1.82, 2.24) is 10.2 Å². The van der Waals surface area contributed by atoms with E-state index in [0.29, 0.717) is 0 Å². The normalized spacial score (nSPS) is 14.8. The van der Waals surface area contributed by atoms with Gasteiger partial charge in [0.1, 0.15) is 0 Å². The van der Waals surface area contributed by atoms with Crippen LogP contribution in [0.25, 0.3) is 11.3 Å². The molecule has 0 radical (unpaired) electrons. The smallest absolute Gasteiger partial charge is 0.0955 e. The summed E-state index contributed by atoms with van der Waals surface area (Å²) in [7, 11) is 0. The molecule has 1 N–H and O–H groups in total. The van der Waals surface area contributed by atoms with Crippen molar-refractivity contribution < 1.29 is 0 Å². The van der Waals surface area contributed by atoms with Crippen LogP contribution in [0.5, 0.6) is 0 Å². The molecular formula is C14H16N2. The number of H-pyrrole nitrogens is 1. The first-order valence-electron chi connectivity index (χ1n) is 5.98. The van der Waals surface area contributed by atoms with Crippen molar-refractivity contribution in [2.75, 3.05) is 0 Å². The van der Waals surface area contributed by atoms with Gasteiger partial charge in [-0.2, -0.15) is 5.10 Å². The van der Waals surface area contributed by atoms with Crippen LogP contribution in [0.15, 0.2) is 24.3 Å². The van der Waals surface area contributed by atoms with Gasteiger partial charge in [-0.1, -0.05) is 29.8 Å². The number of nitrogens with zero attached hydrogens (tertiary/aromatic N) is 1. The molecule has 0 amide bonds. The zero-order valence-electron chi connectivity index (χ0n) is 9.59. The van der Waals surface area contributed by atoms with Crippen molar-refractivity contribution in [2.45, 2.75) is 32.6 Å². The SMILES string of the molecule is Cc1ccc(-c2n[nH]c3c2CCCC3)cc1. The van der Waals surface area contributed by atoms with Gasteiger partial charge in [0.25, 0.3) is 0 Å². The first-order valence-corrected chi connectivity index (χ1v) is 5.98. The van der Waals surface area contributed by atoms with Gasteiger partial charge in [-0.25, -0.2) is 0 Å². The third-order valence-corrected chi connectivity index (χ3v) is 3.38. The van der Waals surface area contributed by atoms with Crippen molar-refractivity contribution in [3.05, 3.63) is 41.1 Å². The minimum atomic E-state index is 1.16. The molecule has 2 heteroatoms. The second-order valence-corrected chi connectivity index (χ2v) is 4.60. The van der Waals surface area contributed by atoms with E-state index in [2.05, 4.69) is 41.4 Å². The van der Waals surface area contributed by atoms with E-state index in [1.54, 1.807) is 0 Å². The predicted octanol–water partition coefficient (Wildman–Crippen LogP) is 3.26. The molecule has 1 aliphatic rings. The number of aryl methyl sites for hydroxylation is 2. The number of aromatic amines is 1. The van der Waals surface area contributed by atoms with Crippen LogP contribution >= 0.6 is 0 Å². The predicted molar refractivity (Wildman–Crippen MR) is 65.4 cm³/mol. The van der Waals surface area contributed by atoms with Gasteiger partial charge in [-0.3, -0.25) is 5.10 Å². The standard InChI is InChI=1S/C14H16N2/c1-10-6-8-11(9-7-10)14-12-4-2-3-5-13(12)15-16-14/h6-9H,2-5H2,1H3,(H,15,16). The van der Waals surface area contributed by atoms with E-state index in [1.807, 2.05) is 0 Å². The first kappa shape index (κ1) is 9.64. The molecule has 2 aromatic rings. The van der Waals surface area contributed by atoms with Crippen molar-refractivity contribution in [3.63, 3.8) is 0 Å². The summed E-state index contributed by atoms with van der Waals surface area (Å²) in [6.45, 7) is 2.11. The second kappa shape index (κ2) is 3.78. The van der Waals surface area contributed by atoms with Crippen LogP contribution < -0.4 is 0 Å². The fourth-order valence-electron chi connectivity index (χ4n) is 2.43. The summed E-state index contributed by atoms with van der Waals surface area (Å²) in [6.07, 6.45) is 4.93. The molecule has 0 saturated heterocycles. The first-order chi connectivity index (χ1) is 7.84. The van der Waals surface area contributed by atoms with Crippen molar-refractivity contribution in [1.29, 1.82) is 0 Å². The lowest BCUT2D eigenvalue weighted by atomic mass is 9.93. The van der Waals surface area contributed by atoms with E-state index >= 15 is 0 Å². The van der Waals surface area contributed by atoms with Crippen LogP contribution in [0.3, 0.4) is 0 Å². The highest BCUT2D eigenvalue weighted by Crippen LogP contribution is 2.29. The van der Waals surface area contributed by atoms with Crippen LogP contribution in [0, 0.1) is 6.92 Å². The minimum Gasteiger partial charge on any atom is -0.282 e. The highest BCUT2D eigenvalue weighted by Gasteiger charge is 2.17. The molecule has 1 heterocycles. The molecule has 0 spiro atoms. The zero-order valence-corrected chi connectivity index (χ0v) is 9.59. The monoisotopic (exact) mass is 212 g/mol. The van der Waals surface area contributed by atoms with Gasteiger partial charge in [0.15, 0.2) is 0 Å². The van der Waals surface area contributed by atoms with Gasteiger partial charge in [0, 0.05) is 16.8 Å². The Morgan fingerprint density at radius 1 is 1.06 bits per heavy atom. The third kappa shape index (κ3) is 1.54. The van der Waals surface area contributed by atoms with Crippen LogP contribution in [-0.2, 0) is 12.8 Å². The van der Waals surface area contributed by atoms with E-state index in [9.17, 15) is 0 Å². The van der Waals surface area contributed by atoms with Gasteiger partial charge >= 0.3 is 0 Å². The molecule has 16 heavy (non-hydrogen) atoms. The van der Waals surface area contributed by atoms with Crippen molar-refractivity contribution in [3.8, 4) is 11.3 Å². The Bertz CT molecular complexity index is 494. The van der Waals surface area contributed by atoms with Gasteiger partial charge in [-0.05, 0) is 32.6 Å². The molecule has 1 aromatic carbocycles. The van der Waals surface area contributed by atoms with E-state index in [1.165, 1.54) is 41.6 Å². The molecule has 0 atom stereocenters. The summed E-state index contributed by atoms with van der Waals surface area (Å²) >= 11 is 0. The Morgan fingerprint density at radius 3 is 2.62 bits per heavy atom. The summed E-state index contributed by atoms with van der Waals surface area (Å²) in [4.78, 5) is 0. The molecule has 2 nitrogen and oxygen atoms in total. The number of benzene rings is 1. The Kier molecular flexibility index (Phi) is 2.28. The highest BCUT2D eigenvalue weighted by atomic mass is 15.1. The zero-order chi connectivity index (χ0) is 11.0. The Balaban J connectivity index is 2.06. The van der Waals surface area contributed by atoms with Gasteiger partial charge in [0.05, 0.1) is 5.69 Å². The van der Waals surface area contributed by atoms with E-state index < -0.39 is 0 Å². The van der Waals surface area contributed by atoms with Gasteiger partial charge in [0.2, 0.25) is 0 Å². The summed E-state index contributed by atoms with van der Waals surface area (Å²) < 4.78 is 0. The number of hydrogen-bond donors (Lipinski definition) is 1. The third-order valence-electron chi connectivity index (χ3n) is 3.38. The Morgan fingerprint density at radius 2 is 1.81 bits per heavy atom. The lowest BCUT2D eigenvalue weighted by Gasteiger charge is -2.11. The van der Waals surface area contributed by atoms with Crippen molar-refractivity contribution in [2.24, 2.45) is 0 Å². The Labute approximate surface area is 95.7 Å². The second-order valence-electron chi connectivity index (χ2n) is 4.60. The van der Waals surface area contributed by atoms with Gasteiger partial charge < -0.3 is 0 Å². The summed E-state index contributed by atoms with van der Waals surface area (Å²) in [5.41, 5.74) is 6.49. The Hall–Kier alpha value is -1.57. The molecule has 0 bridgehead atoms. The lowest BCUT2D eigenvalue weighted by molar-refractivity contribution is 0.675. The molecule has 1 aromatic heterocycles. The molecule has 0 unspecified atom stereocenters. The lowest BCUT2D eigenvalue weighted by Crippen LogP contribution is -2.01. The minimum absolute atomic E-state index is 1.16. The maximum atomic E-state index is 4.47. The molecular weight excluding hydrogens is 196 g/mol. The number of rotatable bonds is 1. The van der Waals surface area contributed by atoms with Crippen LogP contribution in [-0.4, -0.2) is 10.2 Å². The van der Waals surface area contributed by atoms with E-state index in [0.717, 1.165) is 12.1 Å². The molecule has 1 aliphatic carbocycles. The fourth-order valence-corrected chi connectivity index (χ4v) is 2.43. The summed E-state index contributed by atoms with van der Waals surface area (Å²) in [5.74, 6) is 0. The summed E-state index contributed by atoms with van der Waals surface area (Å²) in [5, 5.41) is 7.66. The molecule has 0 saturated carbocycles. The van der Waals surface area contributed by atoms with Crippen LogP contribution in [0.1, 0.15) is 29.7 Å². The average molecular weight is 212 g/mol. The van der Waals surface area contributed by atoms with Gasteiger partial charge in [-0.15, -0.1) is 0 Å². The largest absolute Gasteiger partial charge is 0.282 e. The number of fused-ring (bicyclic) bond motifs is 1. The average Bonchev–Trinajstić information content (AvgIpc) is 2.74.